The Hall–Kier alpha value is -2.02. The van der Waals surface area contributed by atoms with Crippen molar-refractivity contribution in [1.82, 2.24) is 0 Å². The molecule has 18 heavy (non-hydrogen) atoms. The number of aryl methyl sites for hydroxylation is 1. The topological polar surface area (TPSA) is 9.23 Å². The van der Waals surface area contributed by atoms with E-state index in [1.807, 2.05) is 36.4 Å². The molecule has 2 aromatic rings. The fourth-order valence-corrected chi connectivity index (χ4v) is 1.71. The summed E-state index contributed by atoms with van der Waals surface area (Å²) in [5, 5.41) is 0. The van der Waals surface area contributed by atoms with Crippen LogP contribution in [0.2, 0.25) is 0 Å². The lowest BCUT2D eigenvalue weighted by Crippen LogP contribution is -1.86. The third-order valence-corrected chi connectivity index (χ3v) is 2.95. The highest BCUT2D eigenvalue weighted by molar-refractivity contribution is 5.63. The first kappa shape index (κ1) is 12.4. The zero-order chi connectivity index (χ0) is 13.0. The summed E-state index contributed by atoms with van der Waals surface area (Å²) in [5.74, 6) is 1.72. The van der Waals surface area contributed by atoms with Crippen LogP contribution in [0.4, 0.5) is 0 Å². The number of rotatable bonds is 4. The van der Waals surface area contributed by atoms with E-state index >= 15 is 0 Å². The van der Waals surface area contributed by atoms with Crippen molar-refractivity contribution in [2.45, 2.75) is 20.3 Å². The maximum Gasteiger partial charge on any atom is 0.127 e. The minimum absolute atomic E-state index is 0.853. The largest absolute Gasteiger partial charge is 0.457 e. The van der Waals surface area contributed by atoms with E-state index in [4.69, 9.17) is 4.74 Å². The maximum atomic E-state index is 5.77. The van der Waals surface area contributed by atoms with E-state index in [-0.39, 0.29) is 0 Å². The molecule has 0 N–H and O–H groups in total. The molecule has 0 aliphatic carbocycles. The van der Waals surface area contributed by atoms with Crippen LogP contribution in [-0.4, -0.2) is 0 Å². The van der Waals surface area contributed by atoms with Gasteiger partial charge in [-0.25, -0.2) is 0 Å². The van der Waals surface area contributed by atoms with Crippen LogP contribution in [-0.2, 0) is 0 Å². The van der Waals surface area contributed by atoms with Crippen molar-refractivity contribution in [1.29, 1.82) is 0 Å². The van der Waals surface area contributed by atoms with E-state index in [2.05, 4.69) is 32.6 Å². The first-order valence-electron chi connectivity index (χ1n) is 6.22. The minimum Gasteiger partial charge on any atom is -0.457 e. The van der Waals surface area contributed by atoms with Gasteiger partial charge in [0, 0.05) is 0 Å². The van der Waals surface area contributed by atoms with Crippen LogP contribution < -0.4 is 4.74 Å². The molecule has 0 saturated carbocycles. The summed E-state index contributed by atoms with van der Waals surface area (Å²) in [7, 11) is 0. The van der Waals surface area contributed by atoms with E-state index in [0.29, 0.717) is 0 Å². The summed E-state index contributed by atoms with van der Waals surface area (Å²) < 4.78 is 5.77. The number of hydrogen-bond acceptors (Lipinski definition) is 1. The second kappa shape index (κ2) is 5.54. The zero-order valence-corrected chi connectivity index (χ0v) is 10.9. The molecule has 0 aliphatic rings. The van der Waals surface area contributed by atoms with Gasteiger partial charge < -0.3 is 4.74 Å². The summed E-state index contributed by atoms with van der Waals surface area (Å²) in [6.07, 6.45) is 0.970. The van der Waals surface area contributed by atoms with Crippen molar-refractivity contribution in [3.05, 3.63) is 66.2 Å². The normalized spacial score (nSPS) is 10.1. The molecule has 0 spiro atoms. The minimum atomic E-state index is 0.853. The molecular formula is C17H18O. The van der Waals surface area contributed by atoms with Gasteiger partial charge in [0.15, 0.2) is 0 Å². The Morgan fingerprint density at radius 1 is 0.944 bits per heavy atom. The summed E-state index contributed by atoms with van der Waals surface area (Å²) in [5.41, 5.74) is 3.56. The van der Waals surface area contributed by atoms with Gasteiger partial charge in [0.2, 0.25) is 0 Å². The smallest absolute Gasteiger partial charge is 0.127 e. The average Bonchev–Trinajstić information content (AvgIpc) is 2.41. The molecule has 0 aromatic heterocycles. The average molecular weight is 238 g/mol. The van der Waals surface area contributed by atoms with Gasteiger partial charge in [-0.1, -0.05) is 43.3 Å². The van der Waals surface area contributed by atoms with Crippen molar-refractivity contribution in [3.63, 3.8) is 0 Å². The third-order valence-electron chi connectivity index (χ3n) is 2.95. The van der Waals surface area contributed by atoms with Crippen molar-refractivity contribution >= 4 is 5.57 Å². The molecule has 0 amide bonds. The van der Waals surface area contributed by atoms with Crippen molar-refractivity contribution in [3.8, 4) is 11.5 Å². The first-order chi connectivity index (χ1) is 8.69. The molecule has 0 saturated heterocycles. The molecule has 92 valence electrons. The van der Waals surface area contributed by atoms with Gasteiger partial charge in [-0.15, -0.1) is 0 Å². The highest BCUT2D eigenvalue weighted by atomic mass is 16.5. The van der Waals surface area contributed by atoms with Gasteiger partial charge in [-0.05, 0) is 48.7 Å². The lowest BCUT2D eigenvalue weighted by Gasteiger charge is -2.07. The van der Waals surface area contributed by atoms with Crippen LogP contribution in [0.5, 0.6) is 11.5 Å². The SMILES string of the molecule is C=C(CC)c1ccc(Oc2ccc(C)cc2)cc1. The second-order valence-corrected chi connectivity index (χ2v) is 4.40. The Bertz CT molecular complexity index is 521. The second-order valence-electron chi connectivity index (χ2n) is 4.40. The number of ether oxygens (including phenoxy) is 1. The Morgan fingerprint density at radius 3 is 1.94 bits per heavy atom. The molecule has 0 unspecified atom stereocenters. The van der Waals surface area contributed by atoms with E-state index in [0.717, 1.165) is 23.5 Å². The van der Waals surface area contributed by atoms with Crippen LogP contribution in [0.1, 0.15) is 24.5 Å². The van der Waals surface area contributed by atoms with Gasteiger partial charge in [-0.3, -0.25) is 0 Å². The van der Waals surface area contributed by atoms with Crippen LogP contribution in [0.3, 0.4) is 0 Å². The Balaban J connectivity index is 2.10. The fourth-order valence-electron chi connectivity index (χ4n) is 1.71. The predicted octanol–water partition coefficient (Wildman–Crippen LogP) is 5.21. The quantitative estimate of drug-likeness (QED) is 0.710. The van der Waals surface area contributed by atoms with Crippen LogP contribution in [0.15, 0.2) is 55.1 Å². The van der Waals surface area contributed by atoms with Crippen LogP contribution in [0, 0.1) is 6.92 Å². The molecule has 0 aliphatic heterocycles. The Morgan fingerprint density at radius 2 is 1.44 bits per heavy atom. The van der Waals surface area contributed by atoms with Crippen LogP contribution >= 0.6 is 0 Å². The Labute approximate surface area is 109 Å². The van der Waals surface area contributed by atoms with Crippen molar-refractivity contribution in [2.24, 2.45) is 0 Å². The molecule has 1 nitrogen and oxygen atoms in total. The van der Waals surface area contributed by atoms with E-state index in [1.165, 1.54) is 11.1 Å². The van der Waals surface area contributed by atoms with E-state index in [1.54, 1.807) is 0 Å². The lowest BCUT2D eigenvalue weighted by atomic mass is 10.1. The first-order valence-corrected chi connectivity index (χ1v) is 6.22. The zero-order valence-electron chi connectivity index (χ0n) is 10.9. The third kappa shape index (κ3) is 3.01. The molecule has 0 radical (unpaired) electrons. The summed E-state index contributed by atoms with van der Waals surface area (Å²) in [6, 6.07) is 16.1. The van der Waals surface area contributed by atoms with Gasteiger partial charge >= 0.3 is 0 Å². The Kier molecular flexibility index (Phi) is 3.83. The van der Waals surface area contributed by atoms with E-state index < -0.39 is 0 Å². The molecule has 0 atom stereocenters. The molecule has 2 aromatic carbocycles. The number of allylic oxidation sites excluding steroid dienone is 1. The monoisotopic (exact) mass is 238 g/mol. The van der Waals surface area contributed by atoms with Crippen LogP contribution in [0.25, 0.3) is 5.57 Å². The standard InChI is InChI=1S/C17H18O/c1-4-14(3)15-7-11-17(12-8-15)18-16-9-5-13(2)6-10-16/h5-12H,3-4H2,1-2H3. The lowest BCUT2D eigenvalue weighted by molar-refractivity contribution is 0.482. The van der Waals surface area contributed by atoms with Gasteiger partial charge in [0.25, 0.3) is 0 Å². The molecule has 0 bridgehead atoms. The highest BCUT2D eigenvalue weighted by Crippen LogP contribution is 2.24. The van der Waals surface area contributed by atoms with Gasteiger partial charge in [-0.2, -0.15) is 0 Å². The van der Waals surface area contributed by atoms with Crippen molar-refractivity contribution < 1.29 is 4.74 Å². The highest BCUT2D eigenvalue weighted by Gasteiger charge is 1.99. The number of hydrogen-bond donors (Lipinski definition) is 0. The number of benzene rings is 2. The predicted molar refractivity (Wildman–Crippen MR) is 77.0 cm³/mol. The summed E-state index contributed by atoms with van der Waals surface area (Å²) >= 11 is 0. The molecule has 1 heteroatoms. The maximum absolute atomic E-state index is 5.77. The molecular weight excluding hydrogens is 220 g/mol. The van der Waals surface area contributed by atoms with Crippen molar-refractivity contribution in [2.75, 3.05) is 0 Å². The summed E-state index contributed by atoms with van der Waals surface area (Å²) in [6.45, 7) is 8.20. The van der Waals surface area contributed by atoms with E-state index in [9.17, 15) is 0 Å². The summed E-state index contributed by atoms with van der Waals surface area (Å²) in [4.78, 5) is 0. The van der Waals surface area contributed by atoms with Gasteiger partial charge in [0.1, 0.15) is 11.5 Å². The molecule has 2 rings (SSSR count). The fraction of sp³-hybridized carbons (Fsp3) is 0.176. The van der Waals surface area contributed by atoms with Gasteiger partial charge in [0.05, 0.1) is 0 Å². The molecule has 0 heterocycles. The molecule has 0 fully saturated rings.